The van der Waals surface area contributed by atoms with Gasteiger partial charge in [-0.05, 0) is 55.2 Å². The third kappa shape index (κ3) is 3.40. The van der Waals surface area contributed by atoms with E-state index in [4.69, 9.17) is 4.74 Å². The molecule has 0 fully saturated rings. The summed E-state index contributed by atoms with van der Waals surface area (Å²) in [5.41, 5.74) is 6.12. The van der Waals surface area contributed by atoms with Crippen molar-refractivity contribution < 1.29 is 9.84 Å². The van der Waals surface area contributed by atoms with Crippen LogP contribution in [0, 0.1) is 13.8 Å². The molecule has 1 aliphatic heterocycles. The van der Waals surface area contributed by atoms with Crippen molar-refractivity contribution >= 4 is 0 Å². The lowest BCUT2D eigenvalue weighted by molar-refractivity contribution is 0.217. The Morgan fingerprint density at radius 3 is 2.68 bits per heavy atom. The third-order valence-corrected chi connectivity index (χ3v) is 5.88. The van der Waals surface area contributed by atoms with Crippen molar-refractivity contribution in [1.29, 1.82) is 0 Å². The van der Waals surface area contributed by atoms with E-state index in [1.807, 2.05) is 12.1 Å². The second-order valence-corrected chi connectivity index (χ2v) is 7.66. The highest BCUT2D eigenvalue weighted by Crippen LogP contribution is 2.36. The fourth-order valence-electron chi connectivity index (χ4n) is 4.20. The summed E-state index contributed by atoms with van der Waals surface area (Å²) in [5, 5.41) is 10.6. The summed E-state index contributed by atoms with van der Waals surface area (Å²) in [6.07, 6.45) is 3.25. The van der Waals surface area contributed by atoms with Crippen molar-refractivity contribution in [3.63, 3.8) is 0 Å². The number of hydrogen-bond donors (Lipinski definition) is 1. The number of hydrogen-bond acceptors (Lipinski definition) is 3. The molecule has 4 rings (SSSR count). The zero-order chi connectivity index (χ0) is 19.7. The average molecular weight is 377 g/mol. The van der Waals surface area contributed by atoms with Crippen LogP contribution in [0.2, 0.25) is 0 Å². The van der Waals surface area contributed by atoms with Crippen LogP contribution in [0.5, 0.6) is 11.5 Å². The van der Waals surface area contributed by atoms with Gasteiger partial charge in [0.05, 0.1) is 13.2 Å². The van der Waals surface area contributed by atoms with Crippen molar-refractivity contribution in [2.24, 2.45) is 0 Å². The van der Waals surface area contributed by atoms with Gasteiger partial charge in [-0.25, -0.2) is 0 Å². The Hall–Kier alpha value is -2.72. The van der Waals surface area contributed by atoms with Gasteiger partial charge in [-0.3, -0.25) is 4.90 Å². The summed E-state index contributed by atoms with van der Waals surface area (Å²) in [5.74, 6) is 0.766. The molecule has 4 heteroatoms. The van der Waals surface area contributed by atoms with E-state index < -0.39 is 0 Å². The summed E-state index contributed by atoms with van der Waals surface area (Å²) < 4.78 is 7.68. The van der Waals surface area contributed by atoms with Crippen molar-refractivity contribution in [3.8, 4) is 11.5 Å². The van der Waals surface area contributed by atoms with Gasteiger partial charge in [0.25, 0.3) is 0 Å². The lowest BCUT2D eigenvalue weighted by Crippen LogP contribution is -2.29. The minimum Gasteiger partial charge on any atom is -0.504 e. The number of para-hydroxylation sites is 1. The first-order valence-electron chi connectivity index (χ1n) is 9.89. The first-order valence-corrected chi connectivity index (χ1v) is 9.89. The molecule has 0 aliphatic carbocycles. The number of aryl methyl sites for hydroxylation is 3. The molecule has 2 aromatic carbocycles. The van der Waals surface area contributed by atoms with E-state index >= 15 is 0 Å². The maximum Gasteiger partial charge on any atom is 0.162 e. The molecule has 0 spiro atoms. The van der Waals surface area contributed by atoms with Crippen molar-refractivity contribution in [3.05, 3.63) is 82.7 Å². The second kappa shape index (κ2) is 7.72. The normalized spacial score (nSPS) is 17.2. The van der Waals surface area contributed by atoms with Crippen LogP contribution in [0.3, 0.4) is 0 Å². The smallest absolute Gasteiger partial charge is 0.162 e. The van der Waals surface area contributed by atoms with E-state index in [2.05, 4.69) is 59.8 Å². The number of phenolic OH excluding ortho intramolecular Hbond substituents is 1. The molecule has 1 atom stereocenters. The molecule has 146 valence electrons. The van der Waals surface area contributed by atoms with Gasteiger partial charge < -0.3 is 14.4 Å². The van der Waals surface area contributed by atoms with Crippen LogP contribution < -0.4 is 4.74 Å². The molecule has 1 aromatic heterocycles. The molecule has 1 aliphatic rings. The monoisotopic (exact) mass is 376 g/mol. The minimum absolute atomic E-state index is 0.155. The topological polar surface area (TPSA) is 37.6 Å². The quantitative estimate of drug-likeness (QED) is 0.710. The fraction of sp³-hybridized carbons (Fsp3) is 0.333. The number of fused-ring (bicyclic) bond motifs is 1. The van der Waals surface area contributed by atoms with Crippen LogP contribution in [-0.2, 0) is 13.1 Å². The molecule has 4 nitrogen and oxygen atoms in total. The first-order chi connectivity index (χ1) is 13.6. The Balaban J connectivity index is 1.77. The van der Waals surface area contributed by atoms with Crippen LogP contribution in [0.4, 0.5) is 0 Å². The van der Waals surface area contributed by atoms with Crippen molar-refractivity contribution in [2.45, 2.75) is 39.4 Å². The predicted octanol–water partition coefficient (Wildman–Crippen LogP) is 4.81. The number of aromatic nitrogens is 1. The number of benzene rings is 2. The van der Waals surface area contributed by atoms with Gasteiger partial charge in [-0.2, -0.15) is 0 Å². The maximum atomic E-state index is 10.6. The molecule has 1 N–H and O–H groups in total. The van der Waals surface area contributed by atoms with Gasteiger partial charge in [0, 0.05) is 37.1 Å². The first kappa shape index (κ1) is 18.6. The number of phenols is 1. The molecule has 2 heterocycles. The zero-order valence-electron chi connectivity index (χ0n) is 16.9. The SMILES string of the molecule is COc1cccc(CN2CCCn3cccc3[C@H]2c2ccc(C)c(C)c2)c1O. The summed E-state index contributed by atoms with van der Waals surface area (Å²) in [6, 6.07) is 17.0. The highest BCUT2D eigenvalue weighted by Gasteiger charge is 2.28. The molecule has 0 unspecified atom stereocenters. The van der Waals surface area contributed by atoms with Gasteiger partial charge in [0.1, 0.15) is 0 Å². The van der Waals surface area contributed by atoms with Crippen LogP contribution >= 0.6 is 0 Å². The van der Waals surface area contributed by atoms with Gasteiger partial charge in [0.2, 0.25) is 0 Å². The number of rotatable bonds is 4. The highest BCUT2D eigenvalue weighted by atomic mass is 16.5. The van der Waals surface area contributed by atoms with E-state index in [0.717, 1.165) is 25.1 Å². The molecule has 0 radical (unpaired) electrons. The highest BCUT2D eigenvalue weighted by molar-refractivity contribution is 5.45. The second-order valence-electron chi connectivity index (χ2n) is 7.66. The third-order valence-electron chi connectivity index (χ3n) is 5.88. The molecular weight excluding hydrogens is 348 g/mol. The molecule has 3 aromatic rings. The van der Waals surface area contributed by atoms with Crippen molar-refractivity contribution in [1.82, 2.24) is 9.47 Å². The lowest BCUT2D eigenvalue weighted by atomic mass is 9.97. The van der Waals surface area contributed by atoms with Crippen LogP contribution in [0.15, 0.2) is 54.7 Å². The minimum atomic E-state index is 0.155. The number of methoxy groups -OCH3 is 1. The van der Waals surface area contributed by atoms with Gasteiger partial charge in [-0.1, -0.05) is 30.3 Å². The Kier molecular flexibility index (Phi) is 5.14. The summed E-state index contributed by atoms with van der Waals surface area (Å²) in [4.78, 5) is 2.47. The molecule has 28 heavy (non-hydrogen) atoms. The Morgan fingerprint density at radius 2 is 1.89 bits per heavy atom. The Bertz CT molecular complexity index is 976. The number of nitrogens with zero attached hydrogens (tertiary/aromatic N) is 2. The van der Waals surface area contributed by atoms with Gasteiger partial charge >= 0.3 is 0 Å². The van der Waals surface area contributed by atoms with Gasteiger partial charge in [-0.15, -0.1) is 0 Å². The molecule has 0 saturated heterocycles. The standard InChI is InChI=1S/C24H28N2O2/c1-17-10-11-19(15-18(17)2)23-21-8-5-12-25(21)13-6-14-26(23)16-20-7-4-9-22(28-3)24(20)27/h4-5,7-12,15,23,27H,6,13-14,16H2,1-3H3/t23-/m1/s1. The van der Waals surface area contributed by atoms with Crippen molar-refractivity contribution in [2.75, 3.05) is 13.7 Å². The van der Waals surface area contributed by atoms with E-state index in [9.17, 15) is 5.11 Å². The summed E-state index contributed by atoms with van der Waals surface area (Å²) in [6.45, 7) is 6.99. The molecule has 0 amide bonds. The van der Waals surface area contributed by atoms with Gasteiger partial charge in [0.15, 0.2) is 11.5 Å². The van der Waals surface area contributed by atoms with E-state index in [0.29, 0.717) is 12.3 Å². The molecular formula is C24H28N2O2. The fourth-order valence-corrected chi connectivity index (χ4v) is 4.20. The average Bonchev–Trinajstić information content (AvgIpc) is 3.07. The van der Waals surface area contributed by atoms with E-state index in [1.54, 1.807) is 13.2 Å². The summed E-state index contributed by atoms with van der Waals surface area (Å²) in [7, 11) is 1.59. The Labute approximate surface area is 167 Å². The number of aromatic hydroxyl groups is 1. The van der Waals surface area contributed by atoms with E-state index in [-0.39, 0.29) is 11.8 Å². The van der Waals surface area contributed by atoms with Crippen LogP contribution in [0.1, 0.15) is 40.4 Å². The predicted molar refractivity (Wildman–Crippen MR) is 112 cm³/mol. The van der Waals surface area contributed by atoms with Crippen LogP contribution in [-0.4, -0.2) is 28.2 Å². The number of ether oxygens (including phenoxy) is 1. The summed E-state index contributed by atoms with van der Waals surface area (Å²) >= 11 is 0. The molecule has 0 saturated carbocycles. The molecule has 0 bridgehead atoms. The lowest BCUT2D eigenvalue weighted by Gasteiger charge is -2.31. The Morgan fingerprint density at radius 1 is 1.04 bits per heavy atom. The van der Waals surface area contributed by atoms with E-state index in [1.165, 1.54) is 22.4 Å². The van der Waals surface area contributed by atoms with Crippen LogP contribution in [0.25, 0.3) is 0 Å². The largest absolute Gasteiger partial charge is 0.504 e. The zero-order valence-corrected chi connectivity index (χ0v) is 16.9. The maximum absolute atomic E-state index is 10.6.